The zero-order chi connectivity index (χ0) is 12.9. The van der Waals surface area contributed by atoms with Crippen molar-refractivity contribution in [1.29, 1.82) is 0 Å². The lowest BCUT2D eigenvalue weighted by Gasteiger charge is -2.29. The van der Waals surface area contributed by atoms with E-state index < -0.39 is 48.6 Å². The number of aliphatic carboxylic acids is 4. The van der Waals surface area contributed by atoms with Gasteiger partial charge in [0.05, 0.1) is 0 Å². The average Bonchev–Trinajstić information content (AvgIpc) is 2.09. The molecule has 0 aromatic heterocycles. The molecule has 0 spiro atoms. The minimum absolute atomic E-state index is 1.17. The zero-order valence-corrected chi connectivity index (χ0v) is 7.83. The van der Waals surface area contributed by atoms with Crippen LogP contribution in [0.2, 0.25) is 0 Å². The Labute approximate surface area is 89.1 Å². The Morgan fingerprint density at radius 2 is 0.938 bits per heavy atom. The molecule has 0 aliphatic heterocycles. The summed E-state index contributed by atoms with van der Waals surface area (Å²) < 4.78 is 0. The Kier molecular flexibility index (Phi) is 4.93. The van der Waals surface area contributed by atoms with Crippen LogP contribution in [0.15, 0.2) is 0 Å². The second-order valence-electron chi connectivity index (χ2n) is 3.00. The fraction of sp³-hybridized carbons (Fsp3) is 0.500. The van der Waals surface area contributed by atoms with Crippen LogP contribution in [-0.4, -0.2) is 23.9 Å². The summed E-state index contributed by atoms with van der Waals surface area (Å²) in [7, 11) is 0. The van der Waals surface area contributed by atoms with Crippen molar-refractivity contribution in [2.45, 2.75) is 12.8 Å². The van der Waals surface area contributed by atoms with Crippen molar-refractivity contribution in [3.63, 3.8) is 0 Å². The highest BCUT2D eigenvalue weighted by atomic mass is 16.4. The van der Waals surface area contributed by atoms with E-state index in [4.69, 9.17) is 0 Å². The van der Waals surface area contributed by atoms with Gasteiger partial charge in [0.25, 0.3) is 0 Å². The van der Waals surface area contributed by atoms with Crippen molar-refractivity contribution < 1.29 is 39.6 Å². The van der Waals surface area contributed by atoms with E-state index in [1.807, 2.05) is 0 Å². The van der Waals surface area contributed by atoms with Gasteiger partial charge < -0.3 is 39.6 Å². The first-order valence-corrected chi connectivity index (χ1v) is 4.07. The number of carboxylic acids is 4. The Morgan fingerprint density at radius 3 is 1.06 bits per heavy atom. The molecule has 0 fully saturated rings. The van der Waals surface area contributed by atoms with E-state index in [1.54, 1.807) is 0 Å². The molecular weight excluding hydrogens is 224 g/mol. The number of rotatable bonds is 7. The summed E-state index contributed by atoms with van der Waals surface area (Å²) in [5, 5.41) is 41.2. The molecule has 0 amide bonds. The summed E-state index contributed by atoms with van der Waals surface area (Å²) in [6.45, 7) is 0. The van der Waals surface area contributed by atoms with Crippen LogP contribution in [0.3, 0.4) is 0 Å². The highest BCUT2D eigenvalue weighted by Gasteiger charge is 2.24. The molecular formula is C8H6O8-4. The smallest absolute Gasteiger partial charge is 0.0455 e. The van der Waals surface area contributed by atoms with Gasteiger partial charge in [-0.2, -0.15) is 0 Å². The second-order valence-corrected chi connectivity index (χ2v) is 3.00. The maximum Gasteiger partial charge on any atom is 0.0455 e. The van der Waals surface area contributed by atoms with Gasteiger partial charge in [0.2, 0.25) is 0 Å². The molecule has 0 saturated carbocycles. The molecule has 90 valence electrons. The molecule has 0 aromatic carbocycles. The van der Waals surface area contributed by atoms with Gasteiger partial charge in [-0.3, -0.25) is 0 Å². The molecule has 0 N–H and O–H groups in total. The van der Waals surface area contributed by atoms with Crippen LogP contribution in [0.5, 0.6) is 0 Å². The van der Waals surface area contributed by atoms with Crippen LogP contribution in [-0.2, 0) is 19.2 Å². The highest BCUT2D eigenvalue weighted by Crippen LogP contribution is 2.18. The standard InChI is InChI=1S/C8H10O8/c9-5(10)1-3(7(13)14)4(8(15)16)2-6(11)12/h3-4H,1-2H2,(H,9,10)(H,11,12)(H,13,14)(H,15,16)/p-4/t3-,4-/m1/s1. The van der Waals surface area contributed by atoms with E-state index in [1.165, 1.54) is 0 Å². The molecule has 0 aliphatic carbocycles. The zero-order valence-electron chi connectivity index (χ0n) is 7.83. The molecule has 8 nitrogen and oxygen atoms in total. The van der Waals surface area contributed by atoms with E-state index >= 15 is 0 Å². The predicted molar refractivity (Wildman–Crippen MR) is 36.2 cm³/mol. The molecule has 0 unspecified atom stereocenters. The topological polar surface area (TPSA) is 161 Å². The molecule has 0 radical (unpaired) electrons. The van der Waals surface area contributed by atoms with E-state index in [0.717, 1.165) is 0 Å². The predicted octanol–water partition coefficient (Wildman–Crippen LogP) is -6.00. The van der Waals surface area contributed by atoms with Crippen LogP contribution in [0.25, 0.3) is 0 Å². The van der Waals surface area contributed by atoms with Gasteiger partial charge in [0.1, 0.15) is 0 Å². The second kappa shape index (κ2) is 5.69. The molecule has 0 aromatic rings. The summed E-state index contributed by atoms with van der Waals surface area (Å²) in [4.78, 5) is 41.2. The molecule has 0 heterocycles. The summed E-state index contributed by atoms with van der Waals surface area (Å²) in [6, 6.07) is 0. The Balaban J connectivity index is 4.93. The number of carbonyl (C=O) groups is 4. The van der Waals surface area contributed by atoms with Crippen LogP contribution < -0.4 is 20.4 Å². The number of hydrogen-bond acceptors (Lipinski definition) is 8. The van der Waals surface area contributed by atoms with Crippen molar-refractivity contribution in [3.8, 4) is 0 Å². The van der Waals surface area contributed by atoms with Gasteiger partial charge in [-0.05, 0) is 12.8 Å². The van der Waals surface area contributed by atoms with Crippen LogP contribution in [0.4, 0.5) is 0 Å². The van der Waals surface area contributed by atoms with E-state index in [-0.39, 0.29) is 0 Å². The molecule has 8 heteroatoms. The monoisotopic (exact) mass is 230 g/mol. The highest BCUT2D eigenvalue weighted by molar-refractivity contribution is 5.84. The lowest BCUT2D eigenvalue weighted by molar-refractivity contribution is -0.335. The van der Waals surface area contributed by atoms with Gasteiger partial charge >= 0.3 is 0 Å². The molecule has 16 heavy (non-hydrogen) atoms. The third-order valence-electron chi connectivity index (χ3n) is 1.86. The Morgan fingerprint density at radius 1 is 0.688 bits per heavy atom. The molecule has 0 aliphatic rings. The first kappa shape index (κ1) is 13.9. The van der Waals surface area contributed by atoms with Crippen LogP contribution >= 0.6 is 0 Å². The molecule has 0 rings (SSSR count). The van der Waals surface area contributed by atoms with E-state index in [0.29, 0.717) is 0 Å². The van der Waals surface area contributed by atoms with Crippen LogP contribution in [0, 0.1) is 11.8 Å². The van der Waals surface area contributed by atoms with Crippen molar-refractivity contribution in [3.05, 3.63) is 0 Å². The SMILES string of the molecule is O=C([O-])C[C@@H](C(=O)[O-])[C@@H](CC(=O)[O-])C(=O)[O-]. The average molecular weight is 230 g/mol. The first-order chi connectivity index (χ1) is 7.25. The third-order valence-corrected chi connectivity index (χ3v) is 1.86. The van der Waals surface area contributed by atoms with Crippen molar-refractivity contribution in [2.75, 3.05) is 0 Å². The van der Waals surface area contributed by atoms with Crippen molar-refractivity contribution in [1.82, 2.24) is 0 Å². The summed E-state index contributed by atoms with van der Waals surface area (Å²) in [6.07, 6.45) is -2.34. The number of carboxylic acid groups (broad SMARTS) is 4. The van der Waals surface area contributed by atoms with Crippen LogP contribution in [0.1, 0.15) is 12.8 Å². The fourth-order valence-electron chi connectivity index (χ4n) is 1.14. The minimum Gasteiger partial charge on any atom is -0.550 e. The quantitative estimate of drug-likeness (QED) is 0.417. The van der Waals surface area contributed by atoms with Crippen molar-refractivity contribution >= 4 is 23.9 Å². The largest absolute Gasteiger partial charge is 0.550 e. The fourth-order valence-corrected chi connectivity index (χ4v) is 1.14. The van der Waals surface area contributed by atoms with Gasteiger partial charge in [0, 0.05) is 35.7 Å². The van der Waals surface area contributed by atoms with Crippen molar-refractivity contribution in [2.24, 2.45) is 11.8 Å². The van der Waals surface area contributed by atoms with E-state index in [2.05, 4.69) is 0 Å². The lowest BCUT2D eigenvalue weighted by Crippen LogP contribution is -2.48. The normalized spacial score (nSPS) is 13.8. The van der Waals surface area contributed by atoms with Gasteiger partial charge in [-0.1, -0.05) is 0 Å². The Bertz CT molecular complexity index is 288. The molecule has 0 saturated heterocycles. The maximum atomic E-state index is 10.5. The van der Waals surface area contributed by atoms with Gasteiger partial charge in [-0.15, -0.1) is 0 Å². The summed E-state index contributed by atoms with van der Waals surface area (Å²) in [5.74, 6) is -11.7. The lowest BCUT2D eigenvalue weighted by atomic mass is 9.87. The first-order valence-electron chi connectivity index (χ1n) is 4.07. The third kappa shape index (κ3) is 4.40. The summed E-state index contributed by atoms with van der Waals surface area (Å²) in [5.41, 5.74) is 0. The van der Waals surface area contributed by atoms with Gasteiger partial charge in [-0.25, -0.2) is 0 Å². The van der Waals surface area contributed by atoms with E-state index in [9.17, 15) is 39.6 Å². The number of carbonyl (C=O) groups excluding carboxylic acids is 4. The number of hydrogen-bond donors (Lipinski definition) is 0. The molecule has 0 bridgehead atoms. The summed E-state index contributed by atoms with van der Waals surface area (Å²) >= 11 is 0. The minimum atomic E-state index is -2.03. The Hall–Kier alpha value is -2.12. The van der Waals surface area contributed by atoms with Gasteiger partial charge in [0.15, 0.2) is 0 Å². The maximum absolute atomic E-state index is 10.5. The molecule has 2 atom stereocenters.